The summed E-state index contributed by atoms with van der Waals surface area (Å²) in [5, 5.41) is 3.22. The molecule has 1 saturated heterocycles. The Morgan fingerprint density at radius 2 is 2.15 bits per heavy atom. The van der Waals surface area contributed by atoms with Crippen molar-refractivity contribution in [3.63, 3.8) is 0 Å². The van der Waals surface area contributed by atoms with E-state index in [2.05, 4.69) is 29.6 Å². The fourth-order valence-electron chi connectivity index (χ4n) is 3.33. The van der Waals surface area contributed by atoms with E-state index >= 15 is 0 Å². The molecule has 1 amide bonds. The first kappa shape index (κ1) is 13.6. The van der Waals surface area contributed by atoms with Crippen molar-refractivity contribution >= 4 is 5.91 Å². The molecule has 1 aliphatic heterocycles. The van der Waals surface area contributed by atoms with E-state index in [-0.39, 0.29) is 11.9 Å². The van der Waals surface area contributed by atoms with E-state index in [0.717, 1.165) is 38.5 Å². The first-order chi connectivity index (χ1) is 9.69. The van der Waals surface area contributed by atoms with Crippen LogP contribution in [0.15, 0.2) is 24.3 Å². The van der Waals surface area contributed by atoms with Gasteiger partial charge in [-0.1, -0.05) is 24.3 Å². The highest BCUT2D eigenvalue weighted by Crippen LogP contribution is 2.31. The van der Waals surface area contributed by atoms with Gasteiger partial charge < -0.3 is 10.1 Å². The lowest BCUT2D eigenvalue weighted by Crippen LogP contribution is -2.49. The molecule has 3 rings (SSSR count). The van der Waals surface area contributed by atoms with Crippen LogP contribution in [0.2, 0.25) is 0 Å². The summed E-state index contributed by atoms with van der Waals surface area (Å²) in [6, 6.07) is 8.60. The average molecular weight is 273 g/mol. The van der Waals surface area contributed by atoms with Gasteiger partial charge in [0.15, 0.2) is 0 Å². The van der Waals surface area contributed by atoms with Gasteiger partial charge in [-0.05, 0) is 56.6 Å². The van der Waals surface area contributed by atoms with Gasteiger partial charge in [0.25, 0.3) is 5.91 Å². The quantitative estimate of drug-likeness (QED) is 0.899. The number of nitrogens with one attached hydrogen (secondary N) is 1. The van der Waals surface area contributed by atoms with Gasteiger partial charge in [0, 0.05) is 6.61 Å². The number of ether oxygens (including phenoxy) is 1. The van der Waals surface area contributed by atoms with E-state index < -0.39 is 5.60 Å². The molecule has 20 heavy (non-hydrogen) atoms. The van der Waals surface area contributed by atoms with E-state index in [4.69, 9.17) is 4.74 Å². The Hall–Kier alpha value is -1.35. The summed E-state index contributed by atoms with van der Waals surface area (Å²) in [4.78, 5) is 12.6. The number of benzene rings is 1. The number of carbonyl (C=O) groups excluding carboxylic acids is 1. The molecule has 0 bridgehead atoms. The lowest BCUT2D eigenvalue weighted by molar-refractivity contribution is -0.151. The summed E-state index contributed by atoms with van der Waals surface area (Å²) in [5.41, 5.74) is 2.02. The fraction of sp³-hybridized carbons (Fsp3) is 0.588. The highest BCUT2D eigenvalue weighted by Gasteiger charge is 2.37. The van der Waals surface area contributed by atoms with E-state index in [0.29, 0.717) is 6.61 Å². The van der Waals surface area contributed by atoms with Crippen molar-refractivity contribution in [2.45, 2.75) is 57.1 Å². The average Bonchev–Trinajstić information content (AvgIpc) is 2.48. The van der Waals surface area contributed by atoms with Crippen molar-refractivity contribution < 1.29 is 9.53 Å². The Kier molecular flexibility index (Phi) is 3.79. The number of amides is 1. The standard InChI is InChI=1S/C17H23NO2/c1-17(11-4-5-12-20-17)16(19)18-15-10-6-8-13-7-2-3-9-14(13)15/h2-3,7,9,15H,4-6,8,10-12H2,1H3,(H,18,19)/t15-,17?/m0/s1. The maximum absolute atomic E-state index is 12.6. The minimum absolute atomic E-state index is 0.0545. The molecular formula is C17H23NO2. The summed E-state index contributed by atoms with van der Waals surface area (Å²) < 4.78 is 5.74. The molecule has 3 nitrogen and oxygen atoms in total. The molecule has 1 aromatic carbocycles. The molecule has 0 saturated carbocycles. The van der Waals surface area contributed by atoms with Crippen LogP contribution in [0.1, 0.15) is 56.2 Å². The molecule has 2 aliphatic rings. The Labute approximate surface area is 120 Å². The van der Waals surface area contributed by atoms with Crippen LogP contribution in [0.5, 0.6) is 0 Å². The zero-order chi connectivity index (χ0) is 14.0. The molecule has 1 aromatic rings. The normalized spacial score (nSPS) is 29.6. The second-order valence-electron chi connectivity index (χ2n) is 6.15. The lowest BCUT2D eigenvalue weighted by Gasteiger charge is -2.35. The summed E-state index contributed by atoms with van der Waals surface area (Å²) in [5.74, 6) is 0.0545. The maximum Gasteiger partial charge on any atom is 0.252 e. The van der Waals surface area contributed by atoms with Crippen LogP contribution in [-0.2, 0) is 16.0 Å². The molecule has 0 radical (unpaired) electrons. The number of hydrogen-bond acceptors (Lipinski definition) is 2. The Bertz CT molecular complexity index is 492. The Morgan fingerprint density at radius 1 is 1.30 bits per heavy atom. The summed E-state index contributed by atoms with van der Waals surface area (Å²) in [6.07, 6.45) is 6.25. The van der Waals surface area contributed by atoms with E-state index in [1.165, 1.54) is 11.1 Å². The van der Waals surface area contributed by atoms with Crippen LogP contribution in [0.4, 0.5) is 0 Å². The van der Waals surface area contributed by atoms with Crippen molar-refractivity contribution in [2.24, 2.45) is 0 Å². The van der Waals surface area contributed by atoms with Crippen molar-refractivity contribution in [1.29, 1.82) is 0 Å². The smallest absolute Gasteiger partial charge is 0.252 e. The zero-order valence-corrected chi connectivity index (χ0v) is 12.2. The first-order valence-corrected chi connectivity index (χ1v) is 7.72. The molecule has 108 valence electrons. The number of carbonyl (C=O) groups is 1. The van der Waals surface area contributed by atoms with Crippen LogP contribution in [0.3, 0.4) is 0 Å². The summed E-state index contributed by atoms with van der Waals surface area (Å²) >= 11 is 0. The molecule has 0 spiro atoms. The Morgan fingerprint density at radius 3 is 2.95 bits per heavy atom. The third kappa shape index (κ3) is 2.59. The van der Waals surface area contributed by atoms with E-state index in [1.807, 2.05) is 6.92 Å². The Balaban J connectivity index is 1.74. The van der Waals surface area contributed by atoms with Crippen LogP contribution in [0, 0.1) is 0 Å². The monoisotopic (exact) mass is 273 g/mol. The minimum atomic E-state index is -0.634. The second-order valence-corrected chi connectivity index (χ2v) is 6.15. The van der Waals surface area contributed by atoms with Gasteiger partial charge in [0.2, 0.25) is 0 Å². The van der Waals surface area contributed by atoms with Crippen molar-refractivity contribution in [2.75, 3.05) is 6.61 Å². The van der Waals surface area contributed by atoms with Gasteiger partial charge in [-0.2, -0.15) is 0 Å². The van der Waals surface area contributed by atoms with E-state index in [9.17, 15) is 4.79 Å². The van der Waals surface area contributed by atoms with Gasteiger partial charge in [0.05, 0.1) is 6.04 Å². The molecule has 1 fully saturated rings. The summed E-state index contributed by atoms with van der Waals surface area (Å²) in [7, 11) is 0. The number of fused-ring (bicyclic) bond motifs is 1. The largest absolute Gasteiger partial charge is 0.365 e. The molecule has 1 heterocycles. The highest BCUT2D eigenvalue weighted by molar-refractivity contribution is 5.85. The molecule has 1 N–H and O–H groups in total. The topological polar surface area (TPSA) is 38.3 Å². The van der Waals surface area contributed by atoms with Crippen LogP contribution >= 0.6 is 0 Å². The molecule has 2 atom stereocenters. The van der Waals surface area contributed by atoms with Crippen molar-refractivity contribution in [3.05, 3.63) is 35.4 Å². The third-order valence-electron chi connectivity index (χ3n) is 4.62. The van der Waals surface area contributed by atoms with Gasteiger partial charge in [-0.3, -0.25) is 4.79 Å². The first-order valence-electron chi connectivity index (χ1n) is 7.72. The van der Waals surface area contributed by atoms with E-state index in [1.54, 1.807) is 0 Å². The third-order valence-corrected chi connectivity index (χ3v) is 4.62. The summed E-state index contributed by atoms with van der Waals surface area (Å²) in [6.45, 7) is 2.63. The molecule has 0 aromatic heterocycles. The van der Waals surface area contributed by atoms with Gasteiger partial charge >= 0.3 is 0 Å². The lowest BCUT2D eigenvalue weighted by atomic mass is 9.86. The zero-order valence-electron chi connectivity index (χ0n) is 12.2. The van der Waals surface area contributed by atoms with Crippen molar-refractivity contribution in [1.82, 2.24) is 5.32 Å². The molecular weight excluding hydrogens is 250 g/mol. The highest BCUT2D eigenvalue weighted by atomic mass is 16.5. The van der Waals surface area contributed by atoms with Crippen LogP contribution in [0.25, 0.3) is 0 Å². The predicted octanol–water partition coefficient (Wildman–Crippen LogP) is 3.14. The fourth-order valence-corrected chi connectivity index (χ4v) is 3.33. The molecule has 3 heteroatoms. The molecule has 1 aliphatic carbocycles. The molecule has 1 unspecified atom stereocenters. The predicted molar refractivity (Wildman–Crippen MR) is 78.5 cm³/mol. The van der Waals surface area contributed by atoms with Crippen LogP contribution < -0.4 is 5.32 Å². The SMILES string of the molecule is CC1(C(=O)N[C@H]2CCCc3ccccc32)CCCCO1. The number of rotatable bonds is 2. The number of aryl methyl sites for hydroxylation is 1. The number of hydrogen-bond donors (Lipinski definition) is 1. The second kappa shape index (κ2) is 5.57. The minimum Gasteiger partial charge on any atom is -0.365 e. The van der Waals surface area contributed by atoms with Gasteiger partial charge in [-0.15, -0.1) is 0 Å². The maximum atomic E-state index is 12.6. The van der Waals surface area contributed by atoms with Crippen LogP contribution in [-0.4, -0.2) is 18.1 Å². The van der Waals surface area contributed by atoms with Gasteiger partial charge in [0.1, 0.15) is 5.60 Å². The van der Waals surface area contributed by atoms with Crippen molar-refractivity contribution in [3.8, 4) is 0 Å². The van der Waals surface area contributed by atoms with Gasteiger partial charge in [-0.25, -0.2) is 0 Å².